The molecule has 0 saturated carbocycles. The maximum absolute atomic E-state index is 3.85. The molecule has 0 aliphatic heterocycles. The van der Waals surface area contributed by atoms with E-state index >= 15 is 0 Å². The van der Waals surface area contributed by atoms with Crippen LogP contribution in [-0.2, 0) is 18.1 Å². The van der Waals surface area contributed by atoms with Crippen LogP contribution in [0.25, 0.3) is 0 Å². The van der Waals surface area contributed by atoms with Crippen molar-refractivity contribution in [2.45, 2.75) is 0 Å². The van der Waals surface area contributed by atoms with Gasteiger partial charge in [-0.2, -0.15) is 0 Å². The molecule has 0 radical (unpaired) electrons. The second kappa shape index (κ2) is 3.42. The van der Waals surface area contributed by atoms with Gasteiger partial charge in [-0.1, -0.05) is 0 Å². The summed E-state index contributed by atoms with van der Waals surface area (Å²) >= 11 is 0.855. The van der Waals surface area contributed by atoms with Gasteiger partial charge in [0.25, 0.3) is 0 Å². The Morgan fingerprint density at radius 3 is 3.11 bits per heavy atom. The van der Waals surface area contributed by atoms with Crippen molar-refractivity contribution in [3.05, 3.63) is 18.5 Å². The first-order chi connectivity index (χ1) is 4.43. The van der Waals surface area contributed by atoms with Crippen LogP contribution < -0.4 is 11.1 Å². The Bertz CT molecular complexity index is 170. The Kier molecular flexibility index (Phi) is 2.48. The third-order valence-corrected chi connectivity index (χ3v) is 1.08. The zero-order chi connectivity index (χ0) is 6.53. The minimum atomic E-state index is 0.855. The van der Waals surface area contributed by atoms with Gasteiger partial charge in [0.2, 0.25) is 0 Å². The molecule has 1 aromatic heterocycles. The molecule has 1 rings (SSSR count). The van der Waals surface area contributed by atoms with E-state index in [1.165, 1.54) is 4.79 Å². The Hall–Kier alpha value is -0.607. The van der Waals surface area contributed by atoms with Crippen molar-refractivity contribution in [1.29, 1.82) is 0 Å². The summed E-state index contributed by atoms with van der Waals surface area (Å²) in [4.78, 5) is 1.53. The quantitative estimate of drug-likeness (QED) is 0.486. The summed E-state index contributed by atoms with van der Waals surface area (Å²) in [5.74, 6) is 0. The van der Waals surface area contributed by atoms with Gasteiger partial charge in [0, 0.05) is 0 Å². The number of aromatic nitrogens is 2. The molecule has 0 saturated heterocycles. The summed E-state index contributed by atoms with van der Waals surface area (Å²) in [5.41, 5.74) is 5.28. The Morgan fingerprint density at radius 2 is 2.56 bits per heavy atom. The van der Waals surface area contributed by atoms with Gasteiger partial charge in [-0.05, 0) is 0 Å². The van der Waals surface area contributed by atoms with Crippen LogP contribution in [0, 0.1) is 0 Å². The third kappa shape index (κ3) is 1.99. The molecular formula is C3H5N5Zn. The molecule has 0 spiro atoms. The fourth-order valence-electron chi connectivity index (χ4n) is 0.422. The van der Waals surface area contributed by atoms with Gasteiger partial charge in [-0.25, -0.2) is 0 Å². The van der Waals surface area contributed by atoms with Crippen molar-refractivity contribution in [3.8, 4) is 0 Å². The topological polar surface area (TPSA) is 54.2 Å². The predicted octanol–water partition coefficient (Wildman–Crippen LogP) is -0.423. The van der Waals surface area contributed by atoms with E-state index in [1.54, 1.807) is 12.4 Å². The van der Waals surface area contributed by atoms with Gasteiger partial charge in [0.05, 0.1) is 0 Å². The van der Waals surface area contributed by atoms with Gasteiger partial charge >= 0.3 is 61.3 Å². The standard InChI is InChI=1S/C3H5N5.Zn/c4-6-7-8-3-1-2-5-8;/h1-3,6-7H;. The Morgan fingerprint density at radius 1 is 1.67 bits per heavy atom. The monoisotopic (exact) mass is 175 g/mol. The second-order valence-corrected chi connectivity index (χ2v) is 2.00. The Balaban J connectivity index is 2.38. The first-order valence-corrected chi connectivity index (χ1v) is 3.72. The molecule has 0 fully saturated rings. The van der Waals surface area contributed by atoms with E-state index in [0.717, 1.165) is 18.1 Å². The van der Waals surface area contributed by atoms with Crippen LogP contribution >= 0.6 is 0 Å². The molecule has 1 heterocycles. The van der Waals surface area contributed by atoms with Crippen LogP contribution in [-0.4, -0.2) is 9.89 Å². The Labute approximate surface area is 61.9 Å². The van der Waals surface area contributed by atoms with Gasteiger partial charge in [-0.15, -0.1) is 0 Å². The number of rotatable bonds is 3. The van der Waals surface area contributed by atoms with E-state index in [9.17, 15) is 0 Å². The molecule has 44 valence electrons. The minimum absolute atomic E-state index is 0.855. The molecule has 0 aliphatic rings. The van der Waals surface area contributed by atoms with E-state index in [1.807, 2.05) is 6.07 Å². The van der Waals surface area contributed by atoms with Crippen molar-refractivity contribution < 1.29 is 18.1 Å². The predicted molar refractivity (Wildman–Crippen MR) is 27.2 cm³/mol. The molecular weight excluding hydrogens is 171 g/mol. The van der Waals surface area contributed by atoms with Crippen LogP contribution in [0.1, 0.15) is 0 Å². The van der Waals surface area contributed by atoms with Crippen LogP contribution in [0.5, 0.6) is 0 Å². The molecule has 1 aromatic rings. The normalized spacial score (nSPS) is 9.11. The molecule has 0 unspecified atom stereocenters. The van der Waals surface area contributed by atoms with Crippen LogP contribution in [0.2, 0.25) is 0 Å². The van der Waals surface area contributed by atoms with Crippen LogP contribution in [0.3, 0.4) is 0 Å². The maximum atomic E-state index is 3.85. The van der Waals surface area contributed by atoms with Crippen LogP contribution in [0.4, 0.5) is 0 Å². The first-order valence-electron chi connectivity index (χ1n) is 2.40. The van der Waals surface area contributed by atoms with Gasteiger partial charge in [0.1, 0.15) is 0 Å². The van der Waals surface area contributed by atoms with Crippen molar-refractivity contribution >= 4 is 0 Å². The SMILES string of the molecule is [Zn]=[N]NNn1cccn1. The molecule has 0 aromatic carbocycles. The van der Waals surface area contributed by atoms with Gasteiger partial charge in [-0.3, -0.25) is 0 Å². The van der Waals surface area contributed by atoms with E-state index in [-0.39, 0.29) is 0 Å². The first kappa shape index (κ1) is 6.51. The summed E-state index contributed by atoms with van der Waals surface area (Å²) in [6.45, 7) is 0. The number of hydrogen-bond donors (Lipinski definition) is 2. The molecule has 0 aliphatic carbocycles. The number of nitrogens with one attached hydrogen (secondary N) is 2. The van der Waals surface area contributed by atoms with Crippen LogP contribution in [0.15, 0.2) is 22.3 Å². The summed E-state index contributed by atoms with van der Waals surface area (Å²) in [5, 5.41) is 3.85. The van der Waals surface area contributed by atoms with Crippen molar-refractivity contribution in [1.82, 2.24) is 15.4 Å². The molecule has 2 N–H and O–H groups in total. The van der Waals surface area contributed by atoms with Crippen molar-refractivity contribution in [2.24, 2.45) is 3.79 Å². The van der Waals surface area contributed by atoms with E-state index in [0.29, 0.717) is 0 Å². The zero-order valence-electron chi connectivity index (χ0n) is 4.78. The number of hydrogen-bond acceptors (Lipinski definition) is 4. The van der Waals surface area contributed by atoms with Crippen molar-refractivity contribution in [2.75, 3.05) is 5.53 Å². The van der Waals surface area contributed by atoms with Gasteiger partial charge in [0.15, 0.2) is 0 Å². The third-order valence-electron chi connectivity index (χ3n) is 0.748. The van der Waals surface area contributed by atoms with E-state index < -0.39 is 0 Å². The number of nitrogens with zero attached hydrogens (tertiary/aromatic N) is 3. The van der Waals surface area contributed by atoms with Crippen molar-refractivity contribution in [3.63, 3.8) is 0 Å². The molecule has 0 atom stereocenters. The van der Waals surface area contributed by atoms with E-state index in [2.05, 4.69) is 20.0 Å². The molecule has 0 amide bonds. The summed E-state index contributed by atoms with van der Waals surface area (Å²) in [6, 6.07) is 1.82. The fourth-order valence-corrected chi connectivity index (χ4v) is 0.570. The molecule has 5 nitrogen and oxygen atoms in total. The molecule has 9 heavy (non-hydrogen) atoms. The second-order valence-electron chi connectivity index (χ2n) is 1.33. The fraction of sp³-hybridized carbons (Fsp3) is 0. The summed E-state index contributed by atoms with van der Waals surface area (Å²) in [7, 11) is 0. The molecule has 0 bridgehead atoms. The van der Waals surface area contributed by atoms with E-state index in [4.69, 9.17) is 0 Å². The summed E-state index contributed by atoms with van der Waals surface area (Å²) < 4.78 is 3.71. The number of hydrazine groups is 1. The molecule has 6 heteroatoms. The average Bonchev–Trinajstić information content (AvgIpc) is 2.34. The average molecular weight is 176 g/mol. The zero-order valence-corrected chi connectivity index (χ0v) is 7.75. The van der Waals surface area contributed by atoms with Gasteiger partial charge < -0.3 is 0 Å². The summed E-state index contributed by atoms with van der Waals surface area (Å²) in [6.07, 6.45) is 3.46.